The molecule has 0 atom stereocenters. The molecule has 1 aliphatic rings. The molecular formula is C25H18FN3O7. The van der Waals surface area contributed by atoms with E-state index in [1.165, 1.54) is 43.5 Å². The molecule has 10 nitrogen and oxygen atoms in total. The number of rotatable bonds is 7. The van der Waals surface area contributed by atoms with Crippen molar-refractivity contribution < 1.29 is 33.2 Å². The summed E-state index contributed by atoms with van der Waals surface area (Å²) in [7, 11) is 1.41. The molecule has 0 unspecified atom stereocenters. The molecule has 4 amide bonds. The van der Waals surface area contributed by atoms with Crippen molar-refractivity contribution in [1.29, 1.82) is 0 Å². The van der Waals surface area contributed by atoms with Crippen LogP contribution >= 0.6 is 0 Å². The van der Waals surface area contributed by atoms with Gasteiger partial charge in [-0.25, -0.2) is 14.1 Å². The van der Waals surface area contributed by atoms with Crippen LogP contribution < -0.4 is 19.7 Å². The predicted molar refractivity (Wildman–Crippen MR) is 126 cm³/mol. The monoisotopic (exact) mass is 491 g/mol. The van der Waals surface area contributed by atoms with Crippen LogP contribution in [-0.4, -0.2) is 29.9 Å². The maximum atomic E-state index is 13.4. The van der Waals surface area contributed by atoms with Crippen LogP contribution in [0.25, 0.3) is 6.08 Å². The highest BCUT2D eigenvalue weighted by Crippen LogP contribution is 2.31. The summed E-state index contributed by atoms with van der Waals surface area (Å²) in [5.41, 5.74) is 0.524. The number of nitro groups is 1. The Morgan fingerprint density at radius 1 is 1.03 bits per heavy atom. The quantitative estimate of drug-likeness (QED) is 0.229. The summed E-state index contributed by atoms with van der Waals surface area (Å²) in [6.45, 7) is 0.0851. The molecule has 0 bridgehead atoms. The Hall–Kier alpha value is -5.06. The molecule has 182 valence electrons. The lowest BCUT2D eigenvalue weighted by Gasteiger charge is -2.26. The number of hydrogen-bond donors (Lipinski definition) is 1. The zero-order chi connectivity index (χ0) is 25.8. The van der Waals surface area contributed by atoms with Gasteiger partial charge in [-0.15, -0.1) is 0 Å². The predicted octanol–water partition coefficient (Wildman–Crippen LogP) is 3.99. The fraction of sp³-hybridized carbons (Fsp3) is 0.0800. The smallest absolute Gasteiger partial charge is 0.335 e. The number of carbonyl (C=O) groups excluding carboxylic acids is 3. The number of halogens is 1. The highest BCUT2D eigenvalue weighted by Gasteiger charge is 2.37. The molecule has 0 saturated carbocycles. The Kier molecular flexibility index (Phi) is 6.72. The fourth-order valence-corrected chi connectivity index (χ4v) is 3.46. The molecule has 1 aliphatic heterocycles. The summed E-state index contributed by atoms with van der Waals surface area (Å²) in [6, 6.07) is 14.4. The third-order valence-corrected chi connectivity index (χ3v) is 5.20. The number of nitrogens with zero attached hydrogens (tertiary/aromatic N) is 2. The number of benzene rings is 3. The number of barbiturate groups is 1. The Balaban J connectivity index is 1.58. The van der Waals surface area contributed by atoms with E-state index in [2.05, 4.69) is 5.32 Å². The van der Waals surface area contributed by atoms with E-state index in [0.29, 0.717) is 27.5 Å². The van der Waals surface area contributed by atoms with Gasteiger partial charge in [-0.3, -0.25) is 25.0 Å². The first-order chi connectivity index (χ1) is 17.3. The lowest BCUT2D eigenvalue weighted by Crippen LogP contribution is -2.54. The van der Waals surface area contributed by atoms with Gasteiger partial charge in [0.1, 0.15) is 18.0 Å². The molecule has 36 heavy (non-hydrogen) atoms. The molecule has 1 N–H and O–H groups in total. The summed E-state index contributed by atoms with van der Waals surface area (Å²) in [6.07, 6.45) is 1.28. The number of urea groups is 1. The zero-order valence-electron chi connectivity index (χ0n) is 18.8. The van der Waals surface area contributed by atoms with Gasteiger partial charge in [0.25, 0.3) is 17.5 Å². The van der Waals surface area contributed by atoms with Gasteiger partial charge in [0, 0.05) is 12.1 Å². The van der Waals surface area contributed by atoms with Gasteiger partial charge in [0.2, 0.25) is 0 Å². The average molecular weight is 491 g/mol. The van der Waals surface area contributed by atoms with Crippen LogP contribution in [0.2, 0.25) is 0 Å². The Bertz CT molecular complexity index is 1400. The van der Waals surface area contributed by atoms with E-state index in [-0.39, 0.29) is 29.4 Å². The third-order valence-electron chi connectivity index (χ3n) is 5.20. The van der Waals surface area contributed by atoms with Gasteiger partial charge >= 0.3 is 6.03 Å². The number of nitro benzene ring substituents is 1. The first-order valence-electron chi connectivity index (χ1n) is 10.5. The number of non-ortho nitro benzene ring substituents is 1. The second kappa shape index (κ2) is 10.1. The largest absolute Gasteiger partial charge is 0.493 e. The summed E-state index contributed by atoms with van der Waals surface area (Å²) in [4.78, 5) is 48.8. The van der Waals surface area contributed by atoms with Crippen molar-refractivity contribution in [3.63, 3.8) is 0 Å². The van der Waals surface area contributed by atoms with E-state index in [1.807, 2.05) is 0 Å². The Morgan fingerprint density at radius 2 is 1.78 bits per heavy atom. The minimum atomic E-state index is -0.977. The van der Waals surface area contributed by atoms with Crippen molar-refractivity contribution in [2.75, 3.05) is 12.0 Å². The number of hydrogen-bond acceptors (Lipinski definition) is 7. The third kappa shape index (κ3) is 5.04. The minimum Gasteiger partial charge on any atom is -0.493 e. The topological polar surface area (TPSA) is 128 Å². The molecule has 1 fully saturated rings. The number of nitrogens with one attached hydrogen (secondary N) is 1. The second-order valence-corrected chi connectivity index (χ2v) is 7.56. The normalized spacial score (nSPS) is 14.6. The number of amides is 4. The van der Waals surface area contributed by atoms with Gasteiger partial charge in [-0.05, 0) is 53.6 Å². The highest BCUT2D eigenvalue weighted by molar-refractivity contribution is 6.39. The Labute approximate surface area is 203 Å². The molecular weight excluding hydrogens is 473 g/mol. The fourth-order valence-electron chi connectivity index (χ4n) is 3.46. The van der Waals surface area contributed by atoms with E-state index >= 15 is 0 Å². The maximum absolute atomic E-state index is 13.4. The molecule has 0 spiro atoms. The van der Waals surface area contributed by atoms with E-state index in [9.17, 15) is 28.9 Å². The van der Waals surface area contributed by atoms with Crippen molar-refractivity contribution in [2.45, 2.75) is 6.61 Å². The number of imide groups is 2. The summed E-state index contributed by atoms with van der Waals surface area (Å²) in [5, 5.41) is 13.0. The molecule has 3 aromatic rings. The molecule has 0 aliphatic carbocycles. The van der Waals surface area contributed by atoms with Crippen LogP contribution in [-0.2, 0) is 16.2 Å². The van der Waals surface area contributed by atoms with E-state index in [0.717, 1.165) is 12.1 Å². The van der Waals surface area contributed by atoms with Gasteiger partial charge in [0.05, 0.1) is 17.7 Å². The molecule has 0 radical (unpaired) electrons. The summed E-state index contributed by atoms with van der Waals surface area (Å²) in [5.74, 6) is -1.53. The molecule has 3 aromatic carbocycles. The zero-order valence-corrected chi connectivity index (χ0v) is 18.8. The van der Waals surface area contributed by atoms with E-state index in [4.69, 9.17) is 9.47 Å². The van der Waals surface area contributed by atoms with Crippen LogP contribution in [0.4, 0.5) is 20.6 Å². The minimum absolute atomic E-state index is 0.0557. The lowest BCUT2D eigenvalue weighted by molar-refractivity contribution is -0.384. The summed E-state index contributed by atoms with van der Waals surface area (Å²) >= 11 is 0. The van der Waals surface area contributed by atoms with Crippen molar-refractivity contribution in [2.24, 2.45) is 0 Å². The SMILES string of the molecule is COc1cc(/C=C2/C(=O)NC(=O)N(c3ccc([N+](=O)[O-])cc3)C2=O)ccc1OCc1cccc(F)c1. The van der Waals surface area contributed by atoms with Crippen molar-refractivity contribution in [3.8, 4) is 11.5 Å². The standard InChI is InChI=1S/C25H18FN3O7/c1-35-22-13-15(5-10-21(22)36-14-16-3-2-4-17(26)11-16)12-20-23(30)27-25(32)28(24(20)31)18-6-8-19(9-7-18)29(33)34/h2-13H,14H2,1H3,(H,27,30,32)/b20-12-. The van der Waals surface area contributed by atoms with Crippen molar-refractivity contribution >= 4 is 35.3 Å². The van der Waals surface area contributed by atoms with Crippen LogP contribution in [0.5, 0.6) is 11.5 Å². The van der Waals surface area contributed by atoms with Gasteiger partial charge in [-0.2, -0.15) is 0 Å². The number of anilines is 1. The Morgan fingerprint density at radius 3 is 2.44 bits per heavy atom. The molecule has 1 heterocycles. The first-order valence-corrected chi connectivity index (χ1v) is 10.5. The molecule has 4 rings (SSSR count). The van der Waals surface area contributed by atoms with Crippen molar-refractivity contribution in [3.05, 3.63) is 99.4 Å². The van der Waals surface area contributed by atoms with Gasteiger partial charge in [0.15, 0.2) is 11.5 Å². The highest BCUT2D eigenvalue weighted by atomic mass is 19.1. The first kappa shape index (κ1) is 24.1. The van der Waals surface area contributed by atoms with Crippen LogP contribution in [0.15, 0.2) is 72.3 Å². The van der Waals surface area contributed by atoms with Crippen LogP contribution in [0.1, 0.15) is 11.1 Å². The number of carbonyl (C=O) groups is 3. The van der Waals surface area contributed by atoms with E-state index < -0.39 is 22.8 Å². The average Bonchev–Trinajstić information content (AvgIpc) is 2.86. The lowest BCUT2D eigenvalue weighted by atomic mass is 10.1. The van der Waals surface area contributed by atoms with Gasteiger partial charge < -0.3 is 9.47 Å². The van der Waals surface area contributed by atoms with E-state index in [1.54, 1.807) is 24.3 Å². The van der Waals surface area contributed by atoms with Crippen molar-refractivity contribution in [1.82, 2.24) is 5.32 Å². The number of methoxy groups -OCH3 is 1. The molecule has 1 saturated heterocycles. The van der Waals surface area contributed by atoms with Crippen LogP contribution in [0.3, 0.4) is 0 Å². The molecule has 11 heteroatoms. The van der Waals surface area contributed by atoms with Crippen LogP contribution in [0, 0.1) is 15.9 Å². The second-order valence-electron chi connectivity index (χ2n) is 7.56. The summed E-state index contributed by atoms with van der Waals surface area (Å²) < 4.78 is 24.4. The number of ether oxygens (including phenoxy) is 2. The maximum Gasteiger partial charge on any atom is 0.335 e. The molecule has 0 aromatic heterocycles. The van der Waals surface area contributed by atoms with Gasteiger partial charge in [-0.1, -0.05) is 18.2 Å².